The van der Waals surface area contributed by atoms with Crippen LogP contribution in [0.15, 0.2) is 12.2 Å². The van der Waals surface area contributed by atoms with E-state index >= 15 is 0 Å². The first-order chi connectivity index (χ1) is 35.0. The lowest BCUT2D eigenvalue weighted by atomic mass is 10.0. The van der Waals surface area contributed by atoms with Crippen LogP contribution in [0, 0.1) is 0 Å². The molecule has 0 amide bonds. The van der Waals surface area contributed by atoms with Crippen molar-refractivity contribution in [1.82, 2.24) is 0 Å². The summed E-state index contributed by atoms with van der Waals surface area (Å²) in [6.07, 6.45) is 70.8. The topological polar surface area (TPSA) is 78.9 Å². The maximum atomic E-state index is 12.9. The molecular weight excluding hydrogens is 877 g/mol. The van der Waals surface area contributed by atoms with Crippen LogP contribution in [0.25, 0.3) is 0 Å². The third kappa shape index (κ3) is 58.9. The third-order valence-corrected chi connectivity index (χ3v) is 14.8. The molecule has 1 unspecified atom stereocenters. The normalized spacial score (nSPS) is 12.0. The summed E-state index contributed by atoms with van der Waals surface area (Å²) in [6.45, 7) is 6.70. The van der Waals surface area contributed by atoms with Crippen molar-refractivity contribution in [2.24, 2.45) is 0 Å². The van der Waals surface area contributed by atoms with Gasteiger partial charge in [-0.05, 0) is 44.9 Å². The second-order valence-electron chi connectivity index (χ2n) is 22.0. The van der Waals surface area contributed by atoms with E-state index in [1.165, 1.54) is 263 Å². The van der Waals surface area contributed by atoms with Gasteiger partial charge in [0, 0.05) is 19.3 Å². The van der Waals surface area contributed by atoms with E-state index in [4.69, 9.17) is 14.2 Å². The maximum absolute atomic E-state index is 12.9. The summed E-state index contributed by atoms with van der Waals surface area (Å²) < 4.78 is 16.9. The third-order valence-electron chi connectivity index (χ3n) is 14.8. The Balaban J connectivity index is 4.19. The van der Waals surface area contributed by atoms with Crippen molar-refractivity contribution >= 4 is 17.9 Å². The van der Waals surface area contributed by atoms with Crippen LogP contribution in [0.3, 0.4) is 0 Å². The number of unbranched alkanes of at least 4 members (excludes halogenated alkanes) is 47. The molecule has 0 aromatic carbocycles. The predicted octanol–water partition coefficient (Wildman–Crippen LogP) is 21.7. The molecule has 0 N–H and O–H groups in total. The zero-order valence-corrected chi connectivity index (χ0v) is 48.3. The lowest BCUT2D eigenvalue weighted by molar-refractivity contribution is -0.167. The molecule has 71 heavy (non-hydrogen) atoms. The first kappa shape index (κ1) is 69.2. The highest BCUT2D eigenvalue weighted by atomic mass is 16.6. The highest BCUT2D eigenvalue weighted by Crippen LogP contribution is 2.18. The van der Waals surface area contributed by atoms with Crippen LogP contribution < -0.4 is 0 Å². The number of rotatable bonds is 60. The molecule has 6 heteroatoms. The fraction of sp³-hybridized carbons (Fsp3) is 0.923. The van der Waals surface area contributed by atoms with Gasteiger partial charge in [0.25, 0.3) is 0 Å². The standard InChI is InChI=1S/C65H124O6/c1-4-7-10-13-16-19-22-25-27-28-29-30-31-32-33-34-35-36-38-40-43-46-49-52-55-58-64(67)70-61-62(60-69-63(66)57-54-51-48-45-42-39-24-21-18-15-12-9-6-3)71-65(68)59-56-53-50-47-44-41-37-26-23-20-17-14-11-8-5-2/h26,37,62H,4-25,27-36,38-61H2,1-3H3/b37-26-. The zero-order valence-electron chi connectivity index (χ0n) is 48.3. The van der Waals surface area contributed by atoms with E-state index in [0.717, 1.165) is 64.2 Å². The molecule has 0 saturated heterocycles. The fourth-order valence-electron chi connectivity index (χ4n) is 9.91. The molecule has 0 aliphatic heterocycles. The first-order valence-corrected chi connectivity index (χ1v) is 32.2. The van der Waals surface area contributed by atoms with Gasteiger partial charge < -0.3 is 14.2 Å². The van der Waals surface area contributed by atoms with Crippen LogP contribution in [-0.2, 0) is 28.6 Å². The minimum Gasteiger partial charge on any atom is -0.462 e. The average molecular weight is 1000 g/mol. The van der Waals surface area contributed by atoms with Gasteiger partial charge in [-0.2, -0.15) is 0 Å². The Morgan fingerprint density at radius 2 is 0.465 bits per heavy atom. The minimum absolute atomic E-state index is 0.0671. The summed E-state index contributed by atoms with van der Waals surface area (Å²) in [5.74, 6) is -0.847. The van der Waals surface area contributed by atoms with E-state index in [1.807, 2.05) is 0 Å². The van der Waals surface area contributed by atoms with Crippen molar-refractivity contribution in [2.75, 3.05) is 13.2 Å². The SMILES string of the molecule is CCCCCCCC/C=C\CCCCCCCC(=O)OC(COC(=O)CCCCCCCCCCCCCCC)COC(=O)CCCCCCCCCCCCCCCCCCCCCCCCCCC. The number of hydrogen-bond acceptors (Lipinski definition) is 6. The Morgan fingerprint density at radius 1 is 0.268 bits per heavy atom. The van der Waals surface area contributed by atoms with Crippen LogP contribution in [0.4, 0.5) is 0 Å². The summed E-state index contributed by atoms with van der Waals surface area (Å²) in [6, 6.07) is 0. The van der Waals surface area contributed by atoms with Gasteiger partial charge in [0.1, 0.15) is 13.2 Å². The molecule has 0 aliphatic rings. The largest absolute Gasteiger partial charge is 0.462 e. The summed E-state index contributed by atoms with van der Waals surface area (Å²) in [4.78, 5) is 38.2. The molecule has 0 saturated carbocycles. The Morgan fingerprint density at radius 3 is 0.704 bits per heavy atom. The Labute approximate surface area is 443 Å². The number of carbonyl (C=O) groups excluding carboxylic acids is 3. The summed E-state index contributed by atoms with van der Waals surface area (Å²) >= 11 is 0. The molecule has 0 bridgehead atoms. The van der Waals surface area contributed by atoms with Gasteiger partial charge in [-0.3, -0.25) is 14.4 Å². The molecule has 0 spiro atoms. The molecule has 0 rings (SSSR count). The Bertz CT molecular complexity index is 1100. The minimum atomic E-state index is -0.769. The highest BCUT2D eigenvalue weighted by molar-refractivity contribution is 5.71. The number of esters is 3. The molecule has 0 aromatic heterocycles. The zero-order chi connectivity index (χ0) is 51.4. The van der Waals surface area contributed by atoms with Crippen molar-refractivity contribution in [2.45, 2.75) is 374 Å². The maximum Gasteiger partial charge on any atom is 0.306 e. The van der Waals surface area contributed by atoms with Crippen molar-refractivity contribution in [3.05, 3.63) is 12.2 Å². The molecule has 0 heterocycles. The van der Waals surface area contributed by atoms with Crippen LogP contribution in [0.5, 0.6) is 0 Å². The van der Waals surface area contributed by atoms with Gasteiger partial charge in [0.15, 0.2) is 6.10 Å². The van der Waals surface area contributed by atoms with Crippen molar-refractivity contribution in [3.63, 3.8) is 0 Å². The van der Waals surface area contributed by atoms with Gasteiger partial charge in [0.2, 0.25) is 0 Å². The molecule has 1 atom stereocenters. The Kier molecular flexibility index (Phi) is 59.1. The lowest BCUT2D eigenvalue weighted by Gasteiger charge is -2.18. The number of allylic oxidation sites excluding steroid dienone is 2. The van der Waals surface area contributed by atoms with Crippen molar-refractivity contribution < 1.29 is 28.6 Å². The molecule has 0 radical (unpaired) electrons. The number of carbonyl (C=O) groups is 3. The van der Waals surface area contributed by atoms with Gasteiger partial charge in [-0.15, -0.1) is 0 Å². The lowest BCUT2D eigenvalue weighted by Crippen LogP contribution is -2.30. The quantitative estimate of drug-likeness (QED) is 0.0261. The van der Waals surface area contributed by atoms with E-state index < -0.39 is 6.10 Å². The summed E-state index contributed by atoms with van der Waals surface area (Å²) in [7, 11) is 0. The predicted molar refractivity (Wildman–Crippen MR) is 307 cm³/mol. The molecule has 0 fully saturated rings. The fourth-order valence-corrected chi connectivity index (χ4v) is 9.91. The van der Waals surface area contributed by atoms with Gasteiger partial charge in [0.05, 0.1) is 0 Å². The van der Waals surface area contributed by atoms with Crippen LogP contribution in [0.1, 0.15) is 367 Å². The Hall–Kier alpha value is -1.85. The average Bonchev–Trinajstić information content (AvgIpc) is 3.37. The molecular formula is C65H124O6. The molecule has 6 nitrogen and oxygen atoms in total. The van der Waals surface area contributed by atoms with E-state index in [0.29, 0.717) is 19.3 Å². The van der Waals surface area contributed by atoms with Crippen molar-refractivity contribution in [1.29, 1.82) is 0 Å². The van der Waals surface area contributed by atoms with E-state index in [-0.39, 0.29) is 31.1 Å². The van der Waals surface area contributed by atoms with Crippen molar-refractivity contribution in [3.8, 4) is 0 Å². The van der Waals surface area contributed by atoms with Gasteiger partial charge >= 0.3 is 17.9 Å². The molecule has 0 aromatic rings. The second-order valence-corrected chi connectivity index (χ2v) is 22.0. The molecule has 0 aliphatic carbocycles. The number of hydrogen-bond donors (Lipinski definition) is 0. The second kappa shape index (κ2) is 60.7. The summed E-state index contributed by atoms with van der Waals surface area (Å²) in [5, 5.41) is 0. The van der Waals surface area contributed by atoms with Crippen LogP contribution in [-0.4, -0.2) is 37.2 Å². The van der Waals surface area contributed by atoms with E-state index in [2.05, 4.69) is 32.9 Å². The van der Waals surface area contributed by atoms with Crippen LogP contribution >= 0.6 is 0 Å². The summed E-state index contributed by atoms with van der Waals surface area (Å²) in [5.41, 5.74) is 0. The van der Waals surface area contributed by atoms with Gasteiger partial charge in [-0.1, -0.05) is 315 Å². The smallest absolute Gasteiger partial charge is 0.306 e. The monoisotopic (exact) mass is 1000 g/mol. The van der Waals surface area contributed by atoms with E-state index in [9.17, 15) is 14.4 Å². The highest BCUT2D eigenvalue weighted by Gasteiger charge is 2.19. The first-order valence-electron chi connectivity index (χ1n) is 32.2. The van der Waals surface area contributed by atoms with Gasteiger partial charge in [-0.25, -0.2) is 0 Å². The molecule has 420 valence electrons. The van der Waals surface area contributed by atoms with Crippen LogP contribution in [0.2, 0.25) is 0 Å². The number of ether oxygens (including phenoxy) is 3. The van der Waals surface area contributed by atoms with E-state index in [1.54, 1.807) is 0 Å².